The number of halogens is 3. The van der Waals surface area contributed by atoms with Crippen LogP contribution < -0.4 is 4.74 Å². The topological polar surface area (TPSA) is 46.5 Å². The number of benzene rings is 2. The number of thioether (sulfide) groups is 1. The Labute approximate surface area is 128 Å². The minimum Gasteiger partial charge on any atom is -0.478 e. The molecule has 0 amide bonds. The highest BCUT2D eigenvalue weighted by Crippen LogP contribution is 2.32. The molecule has 2 rings (SSSR count). The highest BCUT2D eigenvalue weighted by atomic mass is 32.2. The third-order valence-corrected chi connectivity index (χ3v) is 3.61. The second kappa shape index (κ2) is 6.31. The first-order chi connectivity index (χ1) is 10.3. The average Bonchev–Trinajstić information content (AvgIpc) is 2.46. The second-order valence-corrected chi connectivity index (χ2v) is 5.14. The summed E-state index contributed by atoms with van der Waals surface area (Å²) < 4.78 is 42.8. The predicted molar refractivity (Wildman–Crippen MR) is 76.7 cm³/mol. The maximum absolute atomic E-state index is 12.5. The summed E-state index contributed by atoms with van der Waals surface area (Å²) in [5.74, 6) is -0.654. The summed E-state index contributed by atoms with van der Waals surface area (Å²) in [6.45, 7) is 0. The molecule has 0 bridgehead atoms. The van der Waals surface area contributed by atoms with E-state index in [1.165, 1.54) is 30.0 Å². The van der Waals surface area contributed by atoms with E-state index in [0.29, 0.717) is 4.90 Å². The molecule has 7 heteroatoms. The Morgan fingerprint density at radius 1 is 1.09 bits per heavy atom. The van der Waals surface area contributed by atoms with E-state index in [4.69, 9.17) is 9.84 Å². The molecule has 1 N–H and O–H groups in total. The highest BCUT2D eigenvalue weighted by Gasteiger charge is 2.30. The van der Waals surface area contributed by atoms with E-state index in [1.807, 2.05) is 0 Å². The third-order valence-electron chi connectivity index (χ3n) is 2.82. The van der Waals surface area contributed by atoms with E-state index in [0.717, 1.165) is 12.1 Å². The first-order valence-electron chi connectivity index (χ1n) is 6.07. The van der Waals surface area contributed by atoms with Gasteiger partial charge in [-0.05, 0) is 48.7 Å². The van der Waals surface area contributed by atoms with Gasteiger partial charge in [-0.3, -0.25) is 0 Å². The molecule has 0 aliphatic rings. The molecule has 0 aromatic heterocycles. The van der Waals surface area contributed by atoms with Crippen molar-refractivity contribution < 1.29 is 27.8 Å². The molecule has 0 fully saturated rings. The van der Waals surface area contributed by atoms with E-state index in [-0.39, 0.29) is 17.1 Å². The van der Waals surface area contributed by atoms with Gasteiger partial charge in [0.15, 0.2) is 0 Å². The van der Waals surface area contributed by atoms with Crippen LogP contribution in [0.5, 0.6) is 11.5 Å². The number of carboxylic acids is 1. The van der Waals surface area contributed by atoms with E-state index in [2.05, 4.69) is 0 Å². The fraction of sp³-hybridized carbons (Fsp3) is 0.133. The van der Waals surface area contributed by atoms with Gasteiger partial charge in [0.1, 0.15) is 11.5 Å². The molecule has 0 spiro atoms. The Balaban J connectivity index is 2.24. The summed E-state index contributed by atoms with van der Waals surface area (Å²) in [5.41, 5.74) is -0.694. The van der Waals surface area contributed by atoms with Crippen molar-refractivity contribution in [3.63, 3.8) is 0 Å². The number of rotatable bonds is 4. The lowest BCUT2D eigenvalue weighted by atomic mass is 10.2. The predicted octanol–water partition coefficient (Wildman–Crippen LogP) is 4.92. The fourth-order valence-corrected chi connectivity index (χ4v) is 2.34. The zero-order chi connectivity index (χ0) is 16.3. The number of hydrogen-bond donors (Lipinski definition) is 1. The molecule has 0 unspecified atom stereocenters. The molecule has 0 saturated heterocycles. The summed E-state index contributed by atoms with van der Waals surface area (Å²) in [6, 6.07) is 8.68. The Bertz CT molecular complexity index is 681. The van der Waals surface area contributed by atoms with Crippen LogP contribution in [-0.2, 0) is 6.18 Å². The van der Waals surface area contributed by atoms with Crippen LogP contribution in [0.2, 0.25) is 0 Å². The molecule has 0 atom stereocenters. The zero-order valence-electron chi connectivity index (χ0n) is 11.3. The quantitative estimate of drug-likeness (QED) is 0.810. The van der Waals surface area contributed by atoms with Crippen molar-refractivity contribution in [2.45, 2.75) is 11.1 Å². The molecule has 0 heterocycles. The molecule has 116 valence electrons. The standard InChI is InChI=1S/C15H11F3O3S/c1-22-13-7-6-11(8-12(13)14(19)20)21-10-4-2-9(3-5-10)15(16,17)18/h2-8H,1H3,(H,19,20). The van der Waals surface area contributed by atoms with Gasteiger partial charge in [-0.1, -0.05) is 0 Å². The number of aromatic carboxylic acids is 1. The number of carboxylic acid groups (broad SMARTS) is 1. The summed E-state index contributed by atoms with van der Waals surface area (Å²) >= 11 is 1.28. The van der Waals surface area contributed by atoms with Crippen LogP contribution >= 0.6 is 11.8 Å². The molecule has 0 aliphatic heterocycles. The maximum atomic E-state index is 12.5. The monoisotopic (exact) mass is 328 g/mol. The highest BCUT2D eigenvalue weighted by molar-refractivity contribution is 7.98. The van der Waals surface area contributed by atoms with Gasteiger partial charge < -0.3 is 9.84 Å². The molecule has 2 aromatic carbocycles. The van der Waals surface area contributed by atoms with Gasteiger partial charge in [-0.2, -0.15) is 13.2 Å². The summed E-state index contributed by atoms with van der Waals surface area (Å²) in [5, 5.41) is 9.12. The lowest BCUT2D eigenvalue weighted by Gasteiger charge is -2.10. The van der Waals surface area contributed by atoms with Crippen LogP contribution in [-0.4, -0.2) is 17.3 Å². The molecule has 22 heavy (non-hydrogen) atoms. The Kier molecular flexibility index (Phi) is 4.65. The van der Waals surface area contributed by atoms with Crippen LogP contribution in [0, 0.1) is 0 Å². The van der Waals surface area contributed by atoms with Crippen LogP contribution in [0.1, 0.15) is 15.9 Å². The third kappa shape index (κ3) is 3.73. The van der Waals surface area contributed by atoms with Crippen molar-refractivity contribution in [3.05, 3.63) is 53.6 Å². The molecule has 0 saturated carbocycles. The second-order valence-electron chi connectivity index (χ2n) is 4.29. The van der Waals surface area contributed by atoms with E-state index in [1.54, 1.807) is 18.4 Å². The van der Waals surface area contributed by atoms with Gasteiger partial charge in [-0.25, -0.2) is 4.79 Å². The molecule has 2 aromatic rings. The summed E-state index contributed by atoms with van der Waals surface area (Å²) in [7, 11) is 0. The first-order valence-corrected chi connectivity index (χ1v) is 7.30. The van der Waals surface area contributed by atoms with Crippen molar-refractivity contribution in [3.8, 4) is 11.5 Å². The van der Waals surface area contributed by atoms with Crippen molar-refractivity contribution in [2.24, 2.45) is 0 Å². The molecular formula is C15H11F3O3S. The van der Waals surface area contributed by atoms with Gasteiger partial charge >= 0.3 is 12.1 Å². The summed E-state index contributed by atoms with van der Waals surface area (Å²) in [6.07, 6.45) is -2.66. The number of hydrogen-bond acceptors (Lipinski definition) is 3. The van der Waals surface area contributed by atoms with Crippen molar-refractivity contribution in [2.75, 3.05) is 6.26 Å². The Hall–Kier alpha value is -2.15. The minimum absolute atomic E-state index is 0.0805. The first kappa shape index (κ1) is 16.2. The Morgan fingerprint density at radius 2 is 1.68 bits per heavy atom. The van der Waals surface area contributed by atoms with E-state index >= 15 is 0 Å². The Morgan fingerprint density at radius 3 is 2.18 bits per heavy atom. The lowest BCUT2D eigenvalue weighted by Crippen LogP contribution is -2.04. The maximum Gasteiger partial charge on any atom is 0.416 e. The van der Waals surface area contributed by atoms with Gasteiger partial charge in [0.05, 0.1) is 11.1 Å². The smallest absolute Gasteiger partial charge is 0.416 e. The van der Waals surface area contributed by atoms with Gasteiger partial charge in [0.2, 0.25) is 0 Å². The zero-order valence-corrected chi connectivity index (χ0v) is 12.2. The molecule has 3 nitrogen and oxygen atoms in total. The van der Waals surface area contributed by atoms with Gasteiger partial charge in [0.25, 0.3) is 0 Å². The van der Waals surface area contributed by atoms with Gasteiger partial charge in [-0.15, -0.1) is 11.8 Å². The normalized spacial score (nSPS) is 11.3. The van der Waals surface area contributed by atoms with E-state index in [9.17, 15) is 18.0 Å². The van der Waals surface area contributed by atoms with Crippen molar-refractivity contribution in [1.29, 1.82) is 0 Å². The van der Waals surface area contributed by atoms with E-state index < -0.39 is 17.7 Å². The van der Waals surface area contributed by atoms with Crippen LogP contribution in [0.3, 0.4) is 0 Å². The number of alkyl halides is 3. The SMILES string of the molecule is CSc1ccc(Oc2ccc(C(F)(F)F)cc2)cc1C(=O)O. The number of carbonyl (C=O) groups is 1. The van der Waals surface area contributed by atoms with Gasteiger partial charge in [0, 0.05) is 4.90 Å². The minimum atomic E-state index is -4.41. The molecule has 0 aliphatic carbocycles. The largest absolute Gasteiger partial charge is 0.478 e. The van der Waals surface area contributed by atoms with Crippen LogP contribution in [0.15, 0.2) is 47.4 Å². The van der Waals surface area contributed by atoms with Crippen molar-refractivity contribution >= 4 is 17.7 Å². The molecular weight excluding hydrogens is 317 g/mol. The van der Waals surface area contributed by atoms with Crippen molar-refractivity contribution in [1.82, 2.24) is 0 Å². The summed E-state index contributed by atoms with van der Waals surface area (Å²) in [4.78, 5) is 11.7. The van der Waals surface area contributed by atoms with Crippen LogP contribution in [0.4, 0.5) is 13.2 Å². The average molecular weight is 328 g/mol. The lowest BCUT2D eigenvalue weighted by molar-refractivity contribution is -0.137. The fourth-order valence-electron chi connectivity index (χ4n) is 1.77. The van der Waals surface area contributed by atoms with Crippen LogP contribution in [0.25, 0.3) is 0 Å². The molecule has 0 radical (unpaired) electrons. The number of ether oxygens (including phenoxy) is 1.